The van der Waals surface area contributed by atoms with Crippen LogP contribution < -0.4 is 4.74 Å². The summed E-state index contributed by atoms with van der Waals surface area (Å²) in [5.41, 5.74) is 3.34. The topological polar surface area (TPSA) is 41.1 Å². The number of nitrogens with one attached hydrogen (secondary N) is 1. The number of nitrogens with zero attached hydrogens (tertiary/aromatic N) is 2. The summed E-state index contributed by atoms with van der Waals surface area (Å²) in [5, 5.41) is 0. The molecule has 2 aromatic carbocycles. The summed E-state index contributed by atoms with van der Waals surface area (Å²) in [4.78, 5) is 10.4. The van der Waals surface area contributed by atoms with Crippen molar-refractivity contribution in [1.29, 1.82) is 0 Å². The van der Waals surface area contributed by atoms with Crippen molar-refractivity contribution < 1.29 is 4.74 Å². The molecule has 25 heavy (non-hydrogen) atoms. The maximum Gasteiger partial charge on any atom is 0.300 e. The molecule has 0 aliphatic carbocycles. The first-order valence-corrected chi connectivity index (χ1v) is 9.35. The number of aromatic nitrogens is 2. The Hall–Kier alpha value is -2.33. The molecule has 3 aromatic rings. The van der Waals surface area contributed by atoms with Gasteiger partial charge in [0.25, 0.3) is 6.01 Å². The minimum Gasteiger partial charge on any atom is -0.426 e. The molecule has 0 bridgehead atoms. The fourth-order valence-corrected chi connectivity index (χ4v) is 4.46. The zero-order valence-electron chi connectivity index (χ0n) is 14.3. The number of rotatable bonds is 3. The maximum absolute atomic E-state index is 5.91. The molecular weight excluding hydrogens is 310 g/mol. The van der Waals surface area contributed by atoms with Gasteiger partial charge in [0.15, 0.2) is 0 Å². The van der Waals surface area contributed by atoms with Crippen molar-refractivity contribution in [2.45, 2.75) is 44.2 Å². The highest BCUT2D eigenvalue weighted by molar-refractivity contribution is 5.75. The molecule has 4 nitrogen and oxygen atoms in total. The van der Waals surface area contributed by atoms with Crippen LogP contribution in [0.5, 0.6) is 11.8 Å². The molecule has 3 heterocycles. The van der Waals surface area contributed by atoms with E-state index < -0.39 is 0 Å². The lowest BCUT2D eigenvalue weighted by Crippen LogP contribution is -2.35. The zero-order valence-corrected chi connectivity index (χ0v) is 14.3. The van der Waals surface area contributed by atoms with E-state index in [1.54, 1.807) is 0 Å². The average molecular weight is 333 g/mol. The van der Waals surface area contributed by atoms with Crippen LogP contribution in [0.25, 0.3) is 11.0 Å². The SMILES string of the molecule is c1ccc2[nH]c(Oc3ccc(C4CCC5CCCCN54)cc3)nc2c1. The van der Waals surface area contributed by atoms with Gasteiger partial charge in [-0.3, -0.25) is 4.90 Å². The summed E-state index contributed by atoms with van der Waals surface area (Å²) in [7, 11) is 0. The second-order valence-electron chi connectivity index (χ2n) is 7.21. The highest BCUT2D eigenvalue weighted by atomic mass is 16.5. The van der Waals surface area contributed by atoms with E-state index in [2.05, 4.69) is 39.1 Å². The third-order valence-electron chi connectivity index (χ3n) is 5.69. The predicted octanol–water partition coefficient (Wildman–Crippen LogP) is 5.04. The molecule has 0 amide bonds. The summed E-state index contributed by atoms with van der Waals surface area (Å²) >= 11 is 0. The molecule has 4 heteroatoms. The molecule has 0 radical (unpaired) electrons. The first-order chi connectivity index (χ1) is 12.4. The van der Waals surface area contributed by atoms with Crippen LogP contribution in [0.2, 0.25) is 0 Å². The number of H-pyrrole nitrogens is 1. The van der Waals surface area contributed by atoms with Crippen molar-refractivity contribution in [3.05, 3.63) is 54.1 Å². The Morgan fingerprint density at radius 3 is 2.72 bits per heavy atom. The van der Waals surface area contributed by atoms with E-state index in [1.807, 2.05) is 24.3 Å². The fourth-order valence-electron chi connectivity index (χ4n) is 4.46. The van der Waals surface area contributed by atoms with Crippen LogP contribution in [-0.4, -0.2) is 27.5 Å². The highest BCUT2D eigenvalue weighted by Gasteiger charge is 2.35. The monoisotopic (exact) mass is 333 g/mol. The lowest BCUT2D eigenvalue weighted by atomic mass is 10.0. The number of benzene rings is 2. The number of hydrogen-bond donors (Lipinski definition) is 1. The molecule has 2 unspecified atom stereocenters. The number of imidazole rings is 1. The molecule has 128 valence electrons. The average Bonchev–Trinajstić information content (AvgIpc) is 3.26. The van der Waals surface area contributed by atoms with Gasteiger partial charge in [0.2, 0.25) is 0 Å². The van der Waals surface area contributed by atoms with Crippen molar-refractivity contribution in [3.63, 3.8) is 0 Å². The smallest absolute Gasteiger partial charge is 0.300 e. The lowest BCUT2D eigenvalue weighted by Gasteiger charge is -2.34. The van der Waals surface area contributed by atoms with Crippen molar-refractivity contribution in [2.75, 3.05) is 6.54 Å². The molecule has 2 aliphatic heterocycles. The summed E-state index contributed by atoms with van der Waals surface area (Å²) in [6.07, 6.45) is 6.76. The Balaban J connectivity index is 1.33. The van der Waals surface area contributed by atoms with E-state index in [0.717, 1.165) is 22.8 Å². The molecule has 2 saturated heterocycles. The molecule has 1 aromatic heterocycles. The maximum atomic E-state index is 5.91. The van der Waals surface area contributed by atoms with E-state index in [0.29, 0.717) is 12.1 Å². The van der Waals surface area contributed by atoms with Crippen LogP contribution in [0, 0.1) is 0 Å². The Labute approximate surface area is 147 Å². The van der Waals surface area contributed by atoms with Gasteiger partial charge in [-0.2, -0.15) is 4.98 Å². The van der Waals surface area contributed by atoms with Gasteiger partial charge < -0.3 is 9.72 Å². The number of aromatic amines is 1. The molecular formula is C21H23N3O. The highest BCUT2D eigenvalue weighted by Crippen LogP contribution is 2.40. The van der Waals surface area contributed by atoms with Crippen molar-refractivity contribution >= 4 is 11.0 Å². The van der Waals surface area contributed by atoms with Gasteiger partial charge in [-0.15, -0.1) is 0 Å². The molecule has 2 fully saturated rings. The van der Waals surface area contributed by atoms with Gasteiger partial charge in [0, 0.05) is 12.1 Å². The lowest BCUT2D eigenvalue weighted by molar-refractivity contribution is 0.150. The molecule has 5 rings (SSSR count). The molecule has 0 spiro atoms. The minimum atomic E-state index is 0.547. The van der Waals surface area contributed by atoms with E-state index in [4.69, 9.17) is 4.74 Å². The Morgan fingerprint density at radius 1 is 0.960 bits per heavy atom. The third-order valence-corrected chi connectivity index (χ3v) is 5.69. The van der Waals surface area contributed by atoms with Gasteiger partial charge in [-0.25, -0.2) is 0 Å². The van der Waals surface area contributed by atoms with Gasteiger partial charge in [0.05, 0.1) is 11.0 Å². The standard InChI is InChI=1S/C21H23N3O/c1-2-7-19-18(6-1)22-21(23-19)25-17-11-8-15(9-12-17)20-13-10-16-5-3-4-14-24(16)20/h1-2,6-9,11-12,16,20H,3-5,10,13-14H2,(H,22,23). The fraction of sp³-hybridized carbons (Fsp3) is 0.381. The van der Waals surface area contributed by atoms with E-state index >= 15 is 0 Å². The predicted molar refractivity (Wildman–Crippen MR) is 98.9 cm³/mol. The molecule has 1 N–H and O–H groups in total. The third kappa shape index (κ3) is 2.81. The van der Waals surface area contributed by atoms with Crippen LogP contribution in [0.3, 0.4) is 0 Å². The molecule has 2 aliphatic rings. The van der Waals surface area contributed by atoms with Crippen LogP contribution in [-0.2, 0) is 0 Å². The zero-order chi connectivity index (χ0) is 16.6. The second kappa shape index (κ2) is 6.19. The number of piperidine rings is 1. The van der Waals surface area contributed by atoms with Crippen LogP contribution in [0.4, 0.5) is 0 Å². The van der Waals surface area contributed by atoms with Crippen LogP contribution in [0.1, 0.15) is 43.7 Å². The largest absolute Gasteiger partial charge is 0.426 e. The van der Waals surface area contributed by atoms with Crippen molar-refractivity contribution in [3.8, 4) is 11.8 Å². The van der Waals surface area contributed by atoms with E-state index in [-0.39, 0.29) is 0 Å². The van der Waals surface area contributed by atoms with Gasteiger partial charge in [-0.05, 0) is 62.1 Å². The summed E-state index contributed by atoms with van der Waals surface area (Å²) in [5.74, 6) is 0.830. The summed E-state index contributed by atoms with van der Waals surface area (Å²) < 4.78 is 5.91. The first-order valence-electron chi connectivity index (χ1n) is 9.35. The minimum absolute atomic E-state index is 0.547. The van der Waals surface area contributed by atoms with Crippen molar-refractivity contribution in [1.82, 2.24) is 14.9 Å². The Bertz CT molecular complexity index is 837. The van der Waals surface area contributed by atoms with E-state index in [1.165, 1.54) is 44.2 Å². The summed E-state index contributed by atoms with van der Waals surface area (Å²) in [6.45, 7) is 1.26. The normalized spacial score (nSPS) is 23.7. The number of para-hydroxylation sites is 2. The molecule has 0 saturated carbocycles. The van der Waals surface area contributed by atoms with Crippen LogP contribution in [0.15, 0.2) is 48.5 Å². The Kier molecular flexibility index (Phi) is 3.71. The quantitative estimate of drug-likeness (QED) is 0.729. The number of fused-ring (bicyclic) bond motifs is 2. The van der Waals surface area contributed by atoms with Gasteiger partial charge in [-0.1, -0.05) is 30.7 Å². The van der Waals surface area contributed by atoms with Gasteiger partial charge in [0.1, 0.15) is 5.75 Å². The first kappa shape index (κ1) is 15.0. The van der Waals surface area contributed by atoms with E-state index in [9.17, 15) is 0 Å². The molecule has 2 atom stereocenters. The van der Waals surface area contributed by atoms with Crippen LogP contribution >= 0.6 is 0 Å². The number of ether oxygens (including phenoxy) is 1. The Morgan fingerprint density at radius 2 is 1.84 bits per heavy atom. The second-order valence-corrected chi connectivity index (χ2v) is 7.21. The summed E-state index contributed by atoms with van der Waals surface area (Å²) in [6, 6.07) is 18.5. The van der Waals surface area contributed by atoms with Crippen molar-refractivity contribution in [2.24, 2.45) is 0 Å². The van der Waals surface area contributed by atoms with Gasteiger partial charge >= 0.3 is 0 Å². The number of hydrogen-bond acceptors (Lipinski definition) is 3.